The number of phosphoric ester groups is 1. The molecule has 176 valence electrons. The Hall–Kier alpha value is -2.37. The number of benzene rings is 2. The highest BCUT2D eigenvalue weighted by Crippen LogP contribution is 2.44. The molecule has 0 bridgehead atoms. The molecule has 6 nitrogen and oxygen atoms in total. The number of hydrogen-bond donors (Lipinski definition) is 1. The molecule has 3 rings (SSSR count). The quantitative estimate of drug-likeness (QED) is 0.243. The number of ketones is 1. The molecule has 0 amide bonds. The molecular formula is C26H32NO5P. The van der Waals surface area contributed by atoms with Crippen molar-refractivity contribution in [2.75, 3.05) is 6.61 Å². The van der Waals surface area contributed by atoms with E-state index in [1.165, 1.54) is 0 Å². The van der Waals surface area contributed by atoms with Crippen molar-refractivity contribution in [2.45, 2.75) is 59.0 Å². The van der Waals surface area contributed by atoms with E-state index in [0.717, 1.165) is 39.7 Å². The normalized spacial score (nSPS) is 13.4. The van der Waals surface area contributed by atoms with Crippen LogP contribution in [0.2, 0.25) is 0 Å². The predicted molar refractivity (Wildman–Crippen MR) is 131 cm³/mol. The summed E-state index contributed by atoms with van der Waals surface area (Å²) in [6.45, 7) is 5.44. The summed E-state index contributed by atoms with van der Waals surface area (Å²) >= 11 is 0. The predicted octanol–water partition coefficient (Wildman–Crippen LogP) is 6.42. The van der Waals surface area contributed by atoms with Crippen molar-refractivity contribution in [1.82, 2.24) is 4.98 Å². The number of fused-ring (bicyclic) bond motifs is 1. The van der Waals surface area contributed by atoms with Crippen molar-refractivity contribution in [1.29, 1.82) is 0 Å². The van der Waals surface area contributed by atoms with Crippen LogP contribution in [0.4, 0.5) is 0 Å². The molecule has 1 atom stereocenters. The number of rotatable bonds is 12. The van der Waals surface area contributed by atoms with E-state index in [0.29, 0.717) is 25.7 Å². The van der Waals surface area contributed by atoms with E-state index >= 15 is 0 Å². The summed E-state index contributed by atoms with van der Waals surface area (Å²) in [5.41, 5.74) is 4.92. The summed E-state index contributed by atoms with van der Waals surface area (Å²) in [6, 6.07) is 18.2. The lowest BCUT2D eigenvalue weighted by molar-refractivity contribution is -0.118. The average Bonchev–Trinajstić information content (AvgIpc) is 2.76. The van der Waals surface area contributed by atoms with Crippen LogP contribution in [0.15, 0.2) is 54.6 Å². The van der Waals surface area contributed by atoms with Crippen LogP contribution in [-0.2, 0) is 24.8 Å². The number of carbonyl (C=O) groups is 1. The number of pyridine rings is 1. The first-order chi connectivity index (χ1) is 15.8. The Morgan fingerprint density at radius 2 is 1.73 bits per heavy atom. The molecule has 1 aromatic heterocycles. The van der Waals surface area contributed by atoms with E-state index in [1.54, 1.807) is 13.8 Å². The van der Waals surface area contributed by atoms with E-state index in [-0.39, 0.29) is 18.5 Å². The first-order valence-electron chi connectivity index (χ1n) is 11.4. The second kappa shape index (κ2) is 11.7. The molecule has 0 fully saturated rings. The minimum atomic E-state index is -4.00. The molecule has 1 unspecified atom stereocenters. The lowest BCUT2D eigenvalue weighted by Crippen LogP contribution is -2.08. The molecule has 0 radical (unpaired) electrons. The summed E-state index contributed by atoms with van der Waals surface area (Å²) in [5, 5.41) is 1.05. The lowest BCUT2D eigenvalue weighted by atomic mass is 9.91. The zero-order valence-corrected chi connectivity index (χ0v) is 20.4. The minimum Gasteiger partial charge on any atom is -0.302 e. The largest absolute Gasteiger partial charge is 0.472 e. The van der Waals surface area contributed by atoms with Crippen molar-refractivity contribution in [3.63, 3.8) is 0 Å². The summed E-state index contributed by atoms with van der Waals surface area (Å²) in [6.07, 6.45) is 2.41. The molecule has 0 saturated carbocycles. The van der Waals surface area contributed by atoms with Gasteiger partial charge < -0.3 is 4.89 Å². The van der Waals surface area contributed by atoms with E-state index in [1.807, 2.05) is 43.3 Å². The number of carbonyl (C=O) groups excluding carboxylic acids is 1. The number of aromatic nitrogens is 1. The van der Waals surface area contributed by atoms with Crippen LogP contribution in [0, 0.1) is 6.92 Å². The van der Waals surface area contributed by atoms with Crippen molar-refractivity contribution in [3.05, 3.63) is 65.9 Å². The summed E-state index contributed by atoms with van der Waals surface area (Å²) < 4.78 is 21.5. The van der Waals surface area contributed by atoms with Gasteiger partial charge in [-0.3, -0.25) is 18.8 Å². The fourth-order valence-electron chi connectivity index (χ4n) is 3.89. The van der Waals surface area contributed by atoms with Gasteiger partial charge in [0.2, 0.25) is 0 Å². The third-order valence-corrected chi connectivity index (χ3v) is 6.53. The van der Waals surface area contributed by atoms with E-state index in [2.05, 4.69) is 18.2 Å². The molecule has 1 N–H and O–H groups in total. The molecule has 7 heteroatoms. The Bertz CT molecular complexity index is 1130. The van der Waals surface area contributed by atoms with Crippen LogP contribution >= 0.6 is 7.82 Å². The number of Topliss-reactive ketones (excluding diaryl/α,β-unsaturated/α-hetero) is 1. The van der Waals surface area contributed by atoms with Gasteiger partial charge in [0, 0.05) is 23.9 Å². The molecule has 0 saturated heterocycles. The van der Waals surface area contributed by atoms with Gasteiger partial charge in [0.1, 0.15) is 5.78 Å². The average molecular weight is 470 g/mol. The summed E-state index contributed by atoms with van der Waals surface area (Å²) in [7, 11) is -4.00. The fraction of sp³-hybridized carbons (Fsp3) is 0.385. The van der Waals surface area contributed by atoms with Crippen LogP contribution < -0.4 is 0 Å². The van der Waals surface area contributed by atoms with E-state index < -0.39 is 7.82 Å². The molecule has 0 aliphatic rings. The zero-order valence-electron chi connectivity index (χ0n) is 19.5. The number of unbranched alkanes of at least 4 members (excludes halogenated alkanes) is 2. The van der Waals surface area contributed by atoms with Gasteiger partial charge in [0.15, 0.2) is 0 Å². The first-order valence-corrected chi connectivity index (χ1v) is 12.9. The number of hydrogen-bond acceptors (Lipinski definition) is 5. The molecule has 1 heterocycles. The van der Waals surface area contributed by atoms with Gasteiger partial charge in [0.25, 0.3) is 0 Å². The zero-order chi connectivity index (χ0) is 23.8. The maximum atomic E-state index is 12.8. The van der Waals surface area contributed by atoms with Gasteiger partial charge in [0.05, 0.1) is 18.2 Å². The van der Waals surface area contributed by atoms with Gasteiger partial charge >= 0.3 is 7.82 Å². The van der Waals surface area contributed by atoms with Crippen LogP contribution in [-0.4, -0.2) is 28.4 Å². The molecule has 3 aromatic rings. The number of para-hydroxylation sites is 1. The van der Waals surface area contributed by atoms with Crippen molar-refractivity contribution < 1.29 is 23.3 Å². The first kappa shape index (κ1) is 25.3. The van der Waals surface area contributed by atoms with E-state index in [9.17, 15) is 14.3 Å². The summed E-state index contributed by atoms with van der Waals surface area (Å²) in [5.74, 6) is 0.157. The third-order valence-electron chi connectivity index (χ3n) is 5.33. The Kier molecular flexibility index (Phi) is 8.93. The van der Waals surface area contributed by atoms with Gasteiger partial charge in [-0.05, 0) is 56.4 Å². The maximum Gasteiger partial charge on any atom is 0.472 e. The monoisotopic (exact) mass is 469 g/mol. The second-order valence-corrected chi connectivity index (χ2v) is 9.82. The summed E-state index contributed by atoms with van der Waals surface area (Å²) in [4.78, 5) is 27.1. The molecular weight excluding hydrogens is 437 g/mol. The topological polar surface area (TPSA) is 85.7 Å². The van der Waals surface area contributed by atoms with Crippen molar-refractivity contribution >= 4 is 24.5 Å². The van der Waals surface area contributed by atoms with Crippen LogP contribution in [0.3, 0.4) is 0 Å². The fourth-order valence-corrected chi connectivity index (χ4v) is 4.84. The van der Waals surface area contributed by atoms with Gasteiger partial charge in [-0.15, -0.1) is 0 Å². The molecule has 0 aliphatic heterocycles. The third kappa shape index (κ3) is 7.31. The molecule has 0 spiro atoms. The maximum absolute atomic E-state index is 12.8. The van der Waals surface area contributed by atoms with Crippen LogP contribution in [0.25, 0.3) is 22.0 Å². The number of aryl methyl sites for hydroxylation is 1. The Balaban J connectivity index is 1.62. The number of phosphoric acid groups is 1. The second-order valence-electron chi connectivity index (χ2n) is 8.42. The minimum absolute atomic E-state index is 0.126. The Labute approximate surface area is 195 Å². The lowest BCUT2D eigenvalue weighted by Gasteiger charge is -2.16. The smallest absolute Gasteiger partial charge is 0.302 e. The standard InChI is InChI=1S/C26H32NO5P/c1-19(2)32-33(29,30)31-17-11-5-8-14-22(28)18-24-20(3)27-25-16-10-9-15-23(25)26(24)21-12-6-4-7-13-21/h4,6-7,9-10,12-13,15-16,19H,5,8,11,14,17-18H2,1-3H3,(H,29,30). The number of nitrogens with zero attached hydrogens (tertiary/aromatic N) is 1. The highest BCUT2D eigenvalue weighted by Gasteiger charge is 2.22. The van der Waals surface area contributed by atoms with Gasteiger partial charge in [-0.2, -0.15) is 0 Å². The highest BCUT2D eigenvalue weighted by molar-refractivity contribution is 7.47. The molecule has 33 heavy (non-hydrogen) atoms. The van der Waals surface area contributed by atoms with Crippen molar-refractivity contribution in [3.8, 4) is 11.1 Å². The van der Waals surface area contributed by atoms with E-state index in [4.69, 9.17) is 14.0 Å². The Morgan fingerprint density at radius 3 is 2.45 bits per heavy atom. The molecule has 2 aromatic carbocycles. The van der Waals surface area contributed by atoms with Crippen LogP contribution in [0.1, 0.15) is 50.8 Å². The SMILES string of the molecule is Cc1nc2ccccc2c(-c2ccccc2)c1CC(=O)CCCCCOP(=O)(O)OC(C)C. The van der Waals surface area contributed by atoms with Gasteiger partial charge in [-0.25, -0.2) is 4.57 Å². The van der Waals surface area contributed by atoms with Crippen LogP contribution in [0.5, 0.6) is 0 Å². The highest BCUT2D eigenvalue weighted by atomic mass is 31.2. The van der Waals surface area contributed by atoms with Crippen molar-refractivity contribution in [2.24, 2.45) is 0 Å². The molecule has 0 aliphatic carbocycles. The Morgan fingerprint density at radius 1 is 1.03 bits per heavy atom. The van der Waals surface area contributed by atoms with Gasteiger partial charge in [-0.1, -0.05) is 55.0 Å².